The van der Waals surface area contributed by atoms with Crippen LogP contribution in [0.2, 0.25) is 0 Å². The Bertz CT molecular complexity index is 792. The van der Waals surface area contributed by atoms with Crippen molar-refractivity contribution in [3.05, 3.63) is 42.1 Å². The van der Waals surface area contributed by atoms with Crippen LogP contribution in [0.1, 0.15) is 18.5 Å². The summed E-state index contributed by atoms with van der Waals surface area (Å²) < 4.78 is 5.29. The molecule has 2 fully saturated rings. The third-order valence-electron chi connectivity index (χ3n) is 5.23. The van der Waals surface area contributed by atoms with Crippen molar-refractivity contribution in [3.63, 3.8) is 0 Å². The molecule has 2 aliphatic rings. The summed E-state index contributed by atoms with van der Waals surface area (Å²) >= 11 is 0. The predicted molar refractivity (Wildman–Crippen MR) is 96.0 cm³/mol. The normalized spacial score (nSPS) is 22.9. The van der Waals surface area contributed by atoms with E-state index in [1.807, 2.05) is 48.2 Å². The molecule has 0 N–H and O–H groups in total. The van der Waals surface area contributed by atoms with E-state index in [-0.39, 0.29) is 11.3 Å². The standard InChI is InChI=1S/C19H22N4O2/c1-14-6-7-17(21-20-14)22-9-8-19(12-22)11-18(24)23(13-19)15-4-3-5-16(10-15)25-2/h3-7,10H,8-9,11-13H2,1-2H3/t19-/m0/s1. The summed E-state index contributed by atoms with van der Waals surface area (Å²) in [7, 11) is 1.64. The first-order chi connectivity index (χ1) is 12.1. The van der Waals surface area contributed by atoms with Crippen molar-refractivity contribution in [2.45, 2.75) is 19.8 Å². The lowest BCUT2D eigenvalue weighted by molar-refractivity contribution is -0.117. The van der Waals surface area contributed by atoms with Gasteiger partial charge in [-0.25, -0.2) is 0 Å². The highest BCUT2D eigenvalue weighted by molar-refractivity contribution is 5.96. The Kier molecular flexibility index (Phi) is 3.82. The van der Waals surface area contributed by atoms with Crippen molar-refractivity contribution in [3.8, 4) is 5.75 Å². The Morgan fingerprint density at radius 3 is 2.80 bits per heavy atom. The monoisotopic (exact) mass is 338 g/mol. The van der Waals surface area contributed by atoms with Crippen molar-refractivity contribution in [2.24, 2.45) is 5.41 Å². The lowest BCUT2D eigenvalue weighted by atomic mass is 9.86. The fourth-order valence-corrected chi connectivity index (χ4v) is 3.87. The molecule has 130 valence electrons. The van der Waals surface area contributed by atoms with Crippen LogP contribution in [0.3, 0.4) is 0 Å². The summed E-state index contributed by atoms with van der Waals surface area (Å²) in [5.74, 6) is 1.86. The average molecular weight is 338 g/mol. The van der Waals surface area contributed by atoms with E-state index in [0.717, 1.165) is 49.0 Å². The number of rotatable bonds is 3. The molecule has 1 aromatic heterocycles. The third kappa shape index (κ3) is 2.92. The highest BCUT2D eigenvalue weighted by atomic mass is 16.5. The fourth-order valence-electron chi connectivity index (χ4n) is 3.87. The molecule has 1 aromatic carbocycles. The first-order valence-electron chi connectivity index (χ1n) is 8.58. The van der Waals surface area contributed by atoms with E-state index < -0.39 is 0 Å². The van der Waals surface area contributed by atoms with Crippen molar-refractivity contribution >= 4 is 17.4 Å². The number of hydrogen-bond donors (Lipinski definition) is 0. The number of ether oxygens (including phenoxy) is 1. The van der Waals surface area contributed by atoms with Crippen molar-refractivity contribution in [1.82, 2.24) is 10.2 Å². The van der Waals surface area contributed by atoms with E-state index in [4.69, 9.17) is 4.74 Å². The molecule has 25 heavy (non-hydrogen) atoms. The Labute approximate surface area is 147 Å². The lowest BCUT2D eigenvalue weighted by Crippen LogP contribution is -2.31. The summed E-state index contributed by atoms with van der Waals surface area (Å²) in [5, 5.41) is 8.45. The maximum Gasteiger partial charge on any atom is 0.227 e. The third-order valence-corrected chi connectivity index (χ3v) is 5.23. The maximum atomic E-state index is 12.7. The van der Waals surface area contributed by atoms with Crippen LogP contribution >= 0.6 is 0 Å². The molecule has 6 nitrogen and oxygen atoms in total. The molecule has 0 bridgehead atoms. The number of hydrogen-bond acceptors (Lipinski definition) is 5. The fraction of sp³-hybridized carbons (Fsp3) is 0.421. The van der Waals surface area contributed by atoms with Crippen molar-refractivity contribution < 1.29 is 9.53 Å². The minimum atomic E-state index is -0.00722. The Balaban J connectivity index is 1.52. The number of aryl methyl sites for hydroxylation is 1. The molecular formula is C19H22N4O2. The summed E-state index contributed by atoms with van der Waals surface area (Å²) in [6.07, 6.45) is 1.58. The molecule has 2 aliphatic heterocycles. The van der Waals surface area contributed by atoms with Crippen LogP contribution in [0.4, 0.5) is 11.5 Å². The van der Waals surface area contributed by atoms with E-state index in [0.29, 0.717) is 6.42 Å². The summed E-state index contributed by atoms with van der Waals surface area (Å²) in [5.41, 5.74) is 1.82. The van der Waals surface area contributed by atoms with Gasteiger partial charge in [0.25, 0.3) is 0 Å². The molecule has 1 atom stereocenters. The molecular weight excluding hydrogens is 316 g/mol. The quantitative estimate of drug-likeness (QED) is 0.860. The molecule has 0 radical (unpaired) electrons. The van der Waals surface area contributed by atoms with Gasteiger partial charge in [0.15, 0.2) is 5.82 Å². The number of amides is 1. The van der Waals surface area contributed by atoms with Gasteiger partial charge in [0.05, 0.1) is 12.8 Å². The zero-order chi connectivity index (χ0) is 17.4. The van der Waals surface area contributed by atoms with E-state index >= 15 is 0 Å². The topological polar surface area (TPSA) is 58.6 Å². The SMILES string of the molecule is COc1cccc(N2C[C@@]3(CCN(c4ccc(C)nn4)C3)CC2=O)c1. The largest absolute Gasteiger partial charge is 0.497 e. The number of carbonyl (C=O) groups excluding carboxylic acids is 1. The second kappa shape index (κ2) is 6.02. The van der Waals surface area contributed by atoms with Gasteiger partial charge in [0, 0.05) is 43.2 Å². The molecule has 1 amide bonds. The van der Waals surface area contributed by atoms with Crippen LogP contribution in [0.15, 0.2) is 36.4 Å². The molecule has 2 saturated heterocycles. The second-order valence-electron chi connectivity index (χ2n) is 7.06. The van der Waals surface area contributed by atoms with E-state index in [9.17, 15) is 4.79 Å². The van der Waals surface area contributed by atoms with E-state index in [1.54, 1.807) is 7.11 Å². The molecule has 4 rings (SSSR count). The molecule has 6 heteroatoms. The van der Waals surface area contributed by atoms with Gasteiger partial charge in [-0.3, -0.25) is 4.79 Å². The van der Waals surface area contributed by atoms with Crippen molar-refractivity contribution in [2.75, 3.05) is 36.5 Å². The van der Waals surface area contributed by atoms with Gasteiger partial charge >= 0.3 is 0 Å². The molecule has 0 unspecified atom stereocenters. The number of anilines is 2. The number of carbonyl (C=O) groups is 1. The summed E-state index contributed by atoms with van der Waals surface area (Å²) in [6, 6.07) is 11.7. The van der Waals surface area contributed by atoms with Crippen LogP contribution in [0, 0.1) is 12.3 Å². The number of benzene rings is 1. The van der Waals surface area contributed by atoms with Gasteiger partial charge in [0.1, 0.15) is 5.75 Å². The smallest absolute Gasteiger partial charge is 0.227 e. The van der Waals surface area contributed by atoms with Crippen LogP contribution in [0.5, 0.6) is 5.75 Å². The van der Waals surface area contributed by atoms with Crippen molar-refractivity contribution in [1.29, 1.82) is 0 Å². The Hall–Kier alpha value is -2.63. The Morgan fingerprint density at radius 1 is 1.16 bits per heavy atom. The molecule has 0 saturated carbocycles. The van der Waals surface area contributed by atoms with Gasteiger partial charge in [-0.1, -0.05) is 6.07 Å². The molecule has 3 heterocycles. The Morgan fingerprint density at radius 2 is 2.04 bits per heavy atom. The molecule has 1 spiro atoms. The van der Waals surface area contributed by atoms with Crippen LogP contribution < -0.4 is 14.5 Å². The zero-order valence-corrected chi connectivity index (χ0v) is 14.6. The number of methoxy groups -OCH3 is 1. The van der Waals surface area contributed by atoms with Crippen LogP contribution in [-0.4, -0.2) is 42.8 Å². The van der Waals surface area contributed by atoms with Crippen LogP contribution in [0.25, 0.3) is 0 Å². The highest BCUT2D eigenvalue weighted by Crippen LogP contribution is 2.43. The second-order valence-corrected chi connectivity index (χ2v) is 7.06. The first kappa shape index (κ1) is 15.9. The molecule has 0 aliphatic carbocycles. The van der Waals surface area contributed by atoms with Gasteiger partial charge in [-0.15, -0.1) is 5.10 Å². The van der Waals surface area contributed by atoms with Gasteiger partial charge in [-0.05, 0) is 37.6 Å². The van der Waals surface area contributed by atoms with Gasteiger partial charge in [-0.2, -0.15) is 5.10 Å². The summed E-state index contributed by atoms with van der Waals surface area (Å²) in [6.45, 7) is 4.44. The highest BCUT2D eigenvalue weighted by Gasteiger charge is 2.48. The number of aromatic nitrogens is 2. The molecule has 2 aromatic rings. The maximum absolute atomic E-state index is 12.7. The van der Waals surface area contributed by atoms with E-state index in [2.05, 4.69) is 15.1 Å². The lowest BCUT2D eigenvalue weighted by Gasteiger charge is -2.24. The zero-order valence-electron chi connectivity index (χ0n) is 14.6. The average Bonchev–Trinajstić information content (AvgIpc) is 3.19. The van der Waals surface area contributed by atoms with E-state index in [1.165, 1.54) is 0 Å². The number of nitrogens with zero attached hydrogens (tertiary/aromatic N) is 4. The van der Waals surface area contributed by atoms with Gasteiger partial charge in [0.2, 0.25) is 5.91 Å². The minimum absolute atomic E-state index is 0.00722. The minimum Gasteiger partial charge on any atom is -0.497 e. The van der Waals surface area contributed by atoms with Gasteiger partial charge < -0.3 is 14.5 Å². The first-order valence-corrected chi connectivity index (χ1v) is 8.58. The van der Waals surface area contributed by atoms with Crippen LogP contribution in [-0.2, 0) is 4.79 Å². The predicted octanol–water partition coefficient (Wildman–Crippen LogP) is 2.43. The summed E-state index contributed by atoms with van der Waals surface area (Å²) in [4.78, 5) is 16.8.